The number of carbonyl (C=O) groups is 1. The van der Waals surface area contributed by atoms with Crippen molar-refractivity contribution in [3.8, 4) is 0 Å². The minimum absolute atomic E-state index is 0.00835. The Morgan fingerprint density at radius 1 is 1.23 bits per heavy atom. The summed E-state index contributed by atoms with van der Waals surface area (Å²) in [6.45, 7) is 11.0. The molecule has 0 spiro atoms. The lowest BCUT2D eigenvalue weighted by Gasteiger charge is -2.36. The van der Waals surface area contributed by atoms with E-state index in [-0.39, 0.29) is 29.7 Å². The third-order valence-corrected chi connectivity index (χ3v) is 6.65. The quantitative estimate of drug-likeness (QED) is 0.517. The summed E-state index contributed by atoms with van der Waals surface area (Å²) in [6.07, 6.45) is 3.45. The number of anilines is 1. The number of amides is 1. The number of carbonyl (C=O) groups excluding carboxylic acids is 1. The van der Waals surface area contributed by atoms with Crippen molar-refractivity contribution >= 4 is 51.7 Å². The maximum Gasteiger partial charge on any atom is 0.267 e. The van der Waals surface area contributed by atoms with Crippen LogP contribution in [0.1, 0.15) is 38.8 Å². The van der Waals surface area contributed by atoms with E-state index in [4.69, 9.17) is 21.9 Å². The molecule has 2 atom stereocenters. The van der Waals surface area contributed by atoms with Gasteiger partial charge in [0.2, 0.25) is 0 Å². The number of nitrogens with zero attached hydrogens (tertiary/aromatic N) is 4. The summed E-state index contributed by atoms with van der Waals surface area (Å²) < 4.78 is 7.91. The van der Waals surface area contributed by atoms with Crippen LogP contribution in [0.4, 0.5) is 5.82 Å². The number of aromatic nitrogens is 2. The highest BCUT2D eigenvalue weighted by Gasteiger charge is 2.35. The van der Waals surface area contributed by atoms with Crippen molar-refractivity contribution in [2.24, 2.45) is 0 Å². The summed E-state index contributed by atoms with van der Waals surface area (Å²) in [7, 11) is 0. The average molecular weight is 459 g/mol. The molecule has 2 fully saturated rings. The normalized spacial score (nSPS) is 23.6. The average Bonchev–Trinajstić information content (AvgIpc) is 2.96. The lowest BCUT2D eigenvalue weighted by Crippen LogP contribution is -2.46. The molecular formula is C22H26N4O3S2. The second kappa shape index (κ2) is 8.37. The fraction of sp³-hybridized carbons (Fsp3) is 0.455. The first-order chi connectivity index (χ1) is 14.7. The highest BCUT2D eigenvalue weighted by atomic mass is 32.2. The van der Waals surface area contributed by atoms with Crippen molar-refractivity contribution in [1.82, 2.24) is 14.3 Å². The van der Waals surface area contributed by atoms with E-state index in [0.717, 1.165) is 5.56 Å². The molecule has 2 aliphatic heterocycles. The molecule has 9 heteroatoms. The van der Waals surface area contributed by atoms with Crippen LogP contribution in [0.2, 0.25) is 0 Å². The monoisotopic (exact) mass is 458 g/mol. The summed E-state index contributed by atoms with van der Waals surface area (Å²) in [5.41, 5.74) is 1.72. The van der Waals surface area contributed by atoms with Gasteiger partial charge in [0.05, 0.1) is 22.7 Å². The van der Waals surface area contributed by atoms with Gasteiger partial charge in [-0.1, -0.05) is 30.0 Å². The number of thioether (sulfide) groups is 1. The zero-order chi connectivity index (χ0) is 22.4. The van der Waals surface area contributed by atoms with E-state index in [2.05, 4.69) is 4.90 Å². The zero-order valence-corrected chi connectivity index (χ0v) is 19.9. The molecule has 1 amide bonds. The Hall–Kier alpha value is -2.23. The highest BCUT2D eigenvalue weighted by molar-refractivity contribution is 8.26. The van der Waals surface area contributed by atoms with E-state index < -0.39 is 0 Å². The Balaban J connectivity index is 1.90. The topological polar surface area (TPSA) is 67.2 Å². The summed E-state index contributed by atoms with van der Waals surface area (Å²) in [4.78, 5) is 35.5. The zero-order valence-electron chi connectivity index (χ0n) is 18.3. The minimum Gasteiger partial charge on any atom is -0.372 e. The predicted octanol–water partition coefficient (Wildman–Crippen LogP) is 3.23. The minimum atomic E-state index is -0.203. The molecule has 2 saturated heterocycles. The van der Waals surface area contributed by atoms with Gasteiger partial charge in [0.1, 0.15) is 15.8 Å². The lowest BCUT2D eigenvalue weighted by molar-refractivity contribution is -0.123. The third kappa shape index (κ3) is 4.14. The molecule has 4 heterocycles. The number of ether oxygens (including phenoxy) is 1. The second-order valence-electron chi connectivity index (χ2n) is 8.40. The number of hydrogen-bond donors (Lipinski definition) is 0. The Bertz CT molecular complexity index is 1150. The Labute approximate surface area is 191 Å². The van der Waals surface area contributed by atoms with E-state index in [1.165, 1.54) is 11.8 Å². The first kappa shape index (κ1) is 22.0. The molecule has 4 rings (SSSR count). The molecule has 0 aromatic carbocycles. The first-order valence-electron chi connectivity index (χ1n) is 10.4. The van der Waals surface area contributed by atoms with Crippen LogP contribution in [0.25, 0.3) is 11.7 Å². The van der Waals surface area contributed by atoms with E-state index in [1.807, 2.05) is 46.8 Å². The van der Waals surface area contributed by atoms with Gasteiger partial charge >= 0.3 is 0 Å². The van der Waals surface area contributed by atoms with Crippen LogP contribution in [-0.2, 0) is 9.53 Å². The summed E-state index contributed by atoms with van der Waals surface area (Å²) >= 11 is 6.63. The van der Waals surface area contributed by atoms with Crippen LogP contribution in [-0.4, -0.2) is 55.9 Å². The van der Waals surface area contributed by atoms with Crippen LogP contribution in [0, 0.1) is 6.92 Å². The molecule has 0 aliphatic carbocycles. The molecule has 2 aromatic rings. The number of morpholine rings is 1. The maximum atomic E-state index is 13.6. The van der Waals surface area contributed by atoms with Gasteiger partial charge in [-0.05, 0) is 52.3 Å². The molecule has 164 valence electrons. The predicted molar refractivity (Wildman–Crippen MR) is 129 cm³/mol. The van der Waals surface area contributed by atoms with Crippen molar-refractivity contribution in [3.63, 3.8) is 0 Å². The van der Waals surface area contributed by atoms with Gasteiger partial charge in [0.25, 0.3) is 11.5 Å². The number of thiocarbonyl (C=S) groups is 1. The van der Waals surface area contributed by atoms with Crippen LogP contribution in [0.3, 0.4) is 0 Å². The van der Waals surface area contributed by atoms with Gasteiger partial charge in [0, 0.05) is 25.3 Å². The second-order valence-corrected chi connectivity index (χ2v) is 10.1. The third-order valence-electron chi connectivity index (χ3n) is 5.32. The van der Waals surface area contributed by atoms with Crippen LogP contribution >= 0.6 is 24.0 Å². The molecule has 7 nitrogen and oxygen atoms in total. The number of pyridine rings is 1. The summed E-state index contributed by atoms with van der Waals surface area (Å²) in [5, 5.41) is 0. The molecule has 0 radical (unpaired) electrons. The van der Waals surface area contributed by atoms with Crippen LogP contribution in [0.5, 0.6) is 0 Å². The van der Waals surface area contributed by atoms with Crippen molar-refractivity contribution in [3.05, 3.63) is 44.7 Å². The van der Waals surface area contributed by atoms with Gasteiger partial charge in [-0.2, -0.15) is 0 Å². The summed E-state index contributed by atoms with van der Waals surface area (Å²) in [6, 6.07) is 3.73. The number of aryl methyl sites for hydroxylation is 1. The SMILES string of the molecule is Cc1ccc2nc(N3CC(C)OC(C)C3)c(/C=C3/SC(=S)N(C(C)C)C3=O)c(=O)n2c1. The molecule has 0 bridgehead atoms. The standard InChI is InChI=1S/C22H26N4O3S2/c1-12(2)26-21(28)17(31-22(26)30)8-16-19(24-10-14(4)29-15(5)11-24)23-18-7-6-13(3)9-25(18)20(16)27/h6-9,12,14-15H,10-11H2,1-5H3/b17-8+. The van der Waals surface area contributed by atoms with Crippen LogP contribution < -0.4 is 10.5 Å². The van der Waals surface area contributed by atoms with E-state index >= 15 is 0 Å². The smallest absolute Gasteiger partial charge is 0.267 e. The molecule has 0 N–H and O–H groups in total. The van der Waals surface area contributed by atoms with Gasteiger partial charge in [-0.15, -0.1) is 0 Å². The summed E-state index contributed by atoms with van der Waals surface area (Å²) in [5.74, 6) is 0.402. The fourth-order valence-corrected chi connectivity index (χ4v) is 5.53. The Morgan fingerprint density at radius 3 is 2.52 bits per heavy atom. The lowest BCUT2D eigenvalue weighted by atomic mass is 10.1. The number of rotatable bonds is 3. The van der Waals surface area contributed by atoms with Gasteiger partial charge < -0.3 is 9.64 Å². The van der Waals surface area contributed by atoms with E-state index in [9.17, 15) is 9.59 Å². The molecule has 2 unspecified atom stereocenters. The molecule has 31 heavy (non-hydrogen) atoms. The molecule has 2 aromatic heterocycles. The molecule has 2 aliphatic rings. The fourth-order valence-electron chi connectivity index (χ4n) is 4.02. The molecule has 0 saturated carbocycles. The Kier molecular flexibility index (Phi) is 5.93. The van der Waals surface area contributed by atoms with Gasteiger partial charge in [0.15, 0.2) is 0 Å². The highest BCUT2D eigenvalue weighted by Crippen LogP contribution is 2.35. The largest absolute Gasteiger partial charge is 0.372 e. The van der Waals surface area contributed by atoms with Crippen LogP contribution in [0.15, 0.2) is 28.0 Å². The number of fused-ring (bicyclic) bond motifs is 1. The van der Waals surface area contributed by atoms with Gasteiger partial charge in [-0.3, -0.25) is 18.9 Å². The van der Waals surface area contributed by atoms with Gasteiger partial charge in [-0.25, -0.2) is 4.98 Å². The van der Waals surface area contributed by atoms with Crippen molar-refractivity contribution in [2.75, 3.05) is 18.0 Å². The van der Waals surface area contributed by atoms with Crippen molar-refractivity contribution in [2.45, 2.75) is 52.9 Å². The van der Waals surface area contributed by atoms with E-state index in [0.29, 0.717) is 39.3 Å². The number of hydrogen-bond acceptors (Lipinski definition) is 7. The van der Waals surface area contributed by atoms with Crippen molar-refractivity contribution < 1.29 is 9.53 Å². The Morgan fingerprint density at radius 2 is 1.90 bits per heavy atom. The maximum absolute atomic E-state index is 13.6. The first-order valence-corrected chi connectivity index (χ1v) is 11.6. The van der Waals surface area contributed by atoms with Crippen molar-refractivity contribution in [1.29, 1.82) is 0 Å². The van der Waals surface area contributed by atoms with E-state index in [1.54, 1.807) is 21.6 Å². The molecular weight excluding hydrogens is 432 g/mol.